The summed E-state index contributed by atoms with van der Waals surface area (Å²) in [5.41, 5.74) is 1.89. The van der Waals surface area contributed by atoms with Gasteiger partial charge >= 0.3 is 0 Å². The molecule has 2 rings (SSSR count). The van der Waals surface area contributed by atoms with E-state index in [9.17, 15) is 0 Å². The number of unbranched alkanes of at least 4 members (excludes halogenated alkanes) is 2. The van der Waals surface area contributed by atoms with Crippen molar-refractivity contribution < 1.29 is 0 Å². The Kier molecular flexibility index (Phi) is 5.16. The SMILES string of the molecule is CCCCCNc1nc(Cl)cc(-c2ccccc2)n1. The molecule has 1 heterocycles. The van der Waals surface area contributed by atoms with Crippen molar-refractivity contribution in [1.29, 1.82) is 0 Å². The molecule has 4 heteroatoms. The van der Waals surface area contributed by atoms with Gasteiger partial charge in [0.25, 0.3) is 0 Å². The molecule has 0 aliphatic carbocycles. The number of rotatable bonds is 6. The average molecular weight is 276 g/mol. The van der Waals surface area contributed by atoms with Gasteiger partial charge in [0.1, 0.15) is 5.15 Å². The summed E-state index contributed by atoms with van der Waals surface area (Å²) in [6.45, 7) is 3.06. The van der Waals surface area contributed by atoms with Crippen LogP contribution >= 0.6 is 11.6 Å². The maximum absolute atomic E-state index is 6.05. The fourth-order valence-corrected chi connectivity index (χ4v) is 2.01. The summed E-state index contributed by atoms with van der Waals surface area (Å²) in [6.07, 6.45) is 3.53. The smallest absolute Gasteiger partial charge is 0.224 e. The highest BCUT2D eigenvalue weighted by Crippen LogP contribution is 2.21. The Morgan fingerprint density at radius 2 is 1.89 bits per heavy atom. The molecular weight excluding hydrogens is 258 g/mol. The summed E-state index contributed by atoms with van der Waals surface area (Å²) in [5, 5.41) is 3.69. The Hall–Kier alpha value is -1.61. The van der Waals surface area contributed by atoms with E-state index in [1.165, 1.54) is 12.8 Å². The van der Waals surface area contributed by atoms with Crippen LogP contribution in [0, 0.1) is 0 Å². The molecule has 0 saturated heterocycles. The monoisotopic (exact) mass is 275 g/mol. The number of aromatic nitrogens is 2. The highest BCUT2D eigenvalue weighted by molar-refractivity contribution is 6.29. The third-order valence-corrected chi connectivity index (χ3v) is 3.02. The average Bonchev–Trinajstić information content (AvgIpc) is 2.44. The molecule has 0 unspecified atom stereocenters. The fourth-order valence-electron chi connectivity index (χ4n) is 1.83. The molecule has 19 heavy (non-hydrogen) atoms. The van der Waals surface area contributed by atoms with Crippen molar-refractivity contribution in [2.24, 2.45) is 0 Å². The van der Waals surface area contributed by atoms with E-state index in [2.05, 4.69) is 22.2 Å². The van der Waals surface area contributed by atoms with Gasteiger partial charge in [-0.15, -0.1) is 0 Å². The molecule has 1 aromatic heterocycles. The second-order valence-electron chi connectivity index (χ2n) is 4.40. The standard InChI is InChI=1S/C15H18ClN3/c1-2-3-7-10-17-15-18-13(11-14(16)19-15)12-8-5-4-6-9-12/h4-6,8-9,11H,2-3,7,10H2,1H3,(H,17,18,19). The van der Waals surface area contributed by atoms with Crippen molar-refractivity contribution in [3.63, 3.8) is 0 Å². The van der Waals surface area contributed by atoms with Gasteiger partial charge in [0, 0.05) is 18.2 Å². The second kappa shape index (κ2) is 7.10. The Labute approximate surface area is 119 Å². The summed E-state index contributed by atoms with van der Waals surface area (Å²) in [6, 6.07) is 11.8. The minimum Gasteiger partial charge on any atom is -0.354 e. The van der Waals surface area contributed by atoms with Crippen LogP contribution in [0.15, 0.2) is 36.4 Å². The van der Waals surface area contributed by atoms with E-state index in [1.54, 1.807) is 6.07 Å². The minimum atomic E-state index is 0.465. The third-order valence-electron chi connectivity index (χ3n) is 2.83. The number of halogens is 1. The van der Waals surface area contributed by atoms with Crippen molar-refractivity contribution in [3.05, 3.63) is 41.6 Å². The summed E-state index contributed by atoms with van der Waals surface area (Å²) in [5.74, 6) is 0.599. The van der Waals surface area contributed by atoms with Crippen LogP contribution in [0.1, 0.15) is 26.2 Å². The molecule has 0 amide bonds. The van der Waals surface area contributed by atoms with Crippen LogP contribution < -0.4 is 5.32 Å². The van der Waals surface area contributed by atoms with Gasteiger partial charge in [0.05, 0.1) is 5.69 Å². The first-order valence-electron chi connectivity index (χ1n) is 6.63. The first-order valence-corrected chi connectivity index (χ1v) is 7.01. The van der Waals surface area contributed by atoms with E-state index in [0.717, 1.165) is 24.2 Å². The molecule has 1 aromatic carbocycles. The predicted octanol–water partition coefficient (Wildman–Crippen LogP) is 4.40. The Bertz CT molecular complexity index is 514. The van der Waals surface area contributed by atoms with Crippen LogP contribution in [0.2, 0.25) is 5.15 Å². The minimum absolute atomic E-state index is 0.465. The molecule has 100 valence electrons. The molecular formula is C15H18ClN3. The van der Waals surface area contributed by atoms with E-state index in [0.29, 0.717) is 11.1 Å². The van der Waals surface area contributed by atoms with Crippen LogP contribution in [0.5, 0.6) is 0 Å². The molecule has 0 bridgehead atoms. The number of hydrogen-bond donors (Lipinski definition) is 1. The van der Waals surface area contributed by atoms with Gasteiger partial charge in [-0.25, -0.2) is 9.97 Å². The fraction of sp³-hybridized carbons (Fsp3) is 0.333. The van der Waals surface area contributed by atoms with E-state index in [4.69, 9.17) is 11.6 Å². The zero-order valence-corrected chi connectivity index (χ0v) is 11.8. The van der Waals surface area contributed by atoms with Crippen molar-refractivity contribution in [2.45, 2.75) is 26.2 Å². The van der Waals surface area contributed by atoms with Crippen LogP contribution in [0.25, 0.3) is 11.3 Å². The second-order valence-corrected chi connectivity index (χ2v) is 4.79. The van der Waals surface area contributed by atoms with Gasteiger partial charge < -0.3 is 5.32 Å². The number of hydrogen-bond acceptors (Lipinski definition) is 3. The maximum Gasteiger partial charge on any atom is 0.224 e. The predicted molar refractivity (Wildman–Crippen MR) is 80.5 cm³/mol. The molecule has 0 spiro atoms. The van der Waals surface area contributed by atoms with Crippen molar-refractivity contribution in [2.75, 3.05) is 11.9 Å². The number of anilines is 1. The van der Waals surface area contributed by atoms with E-state index in [-0.39, 0.29) is 0 Å². The zero-order chi connectivity index (χ0) is 13.5. The van der Waals surface area contributed by atoms with Crippen molar-refractivity contribution in [3.8, 4) is 11.3 Å². The van der Waals surface area contributed by atoms with E-state index in [1.807, 2.05) is 30.3 Å². The summed E-state index contributed by atoms with van der Waals surface area (Å²) < 4.78 is 0. The Morgan fingerprint density at radius 3 is 2.63 bits per heavy atom. The number of benzene rings is 1. The summed E-state index contributed by atoms with van der Waals surface area (Å²) in [4.78, 5) is 8.69. The lowest BCUT2D eigenvalue weighted by molar-refractivity contribution is 0.740. The maximum atomic E-state index is 6.05. The topological polar surface area (TPSA) is 37.8 Å². The van der Waals surface area contributed by atoms with Gasteiger partial charge in [-0.05, 0) is 6.42 Å². The highest BCUT2D eigenvalue weighted by atomic mass is 35.5. The van der Waals surface area contributed by atoms with Gasteiger partial charge in [-0.1, -0.05) is 61.7 Å². The van der Waals surface area contributed by atoms with E-state index < -0.39 is 0 Å². The molecule has 2 aromatic rings. The lowest BCUT2D eigenvalue weighted by Gasteiger charge is -2.07. The quantitative estimate of drug-likeness (QED) is 0.627. The molecule has 1 N–H and O–H groups in total. The molecule has 0 aliphatic rings. The first kappa shape index (κ1) is 13.8. The molecule has 0 fully saturated rings. The molecule has 0 saturated carbocycles. The largest absolute Gasteiger partial charge is 0.354 e. The van der Waals surface area contributed by atoms with Crippen LogP contribution in [0.4, 0.5) is 5.95 Å². The number of nitrogens with one attached hydrogen (secondary N) is 1. The lowest BCUT2D eigenvalue weighted by Crippen LogP contribution is -2.06. The van der Waals surface area contributed by atoms with Gasteiger partial charge in [0.2, 0.25) is 5.95 Å². The highest BCUT2D eigenvalue weighted by Gasteiger charge is 2.04. The van der Waals surface area contributed by atoms with Crippen LogP contribution in [-0.4, -0.2) is 16.5 Å². The van der Waals surface area contributed by atoms with Crippen LogP contribution in [0.3, 0.4) is 0 Å². The summed E-state index contributed by atoms with van der Waals surface area (Å²) in [7, 11) is 0. The Morgan fingerprint density at radius 1 is 1.11 bits per heavy atom. The van der Waals surface area contributed by atoms with Gasteiger partial charge in [0.15, 0.2) is 0 Å². The van der Waals surface area contributed by atoms with Crippen molar-refractivity contribution in [1.82, 2.24) is 9.97 Å². The molecule has 0 radical (unpaired) electrons. The van der Waals surface area contributed by atoms with E-state index >= 15 is 0 Å². The molecule has 3 nitrogen and oxygen atoms in total. The molecule has 0 atom stereocenters. The normalized spacial score (nSPS) is 10.4. The van der Waals surface area contributed by atoms with Gasteiger partial charge in [-0.3, -0.25) is 0 Å². The number of nitrogens with zero attached hydrogens (tertiary/aromatic N) is 2. The van der Waals surface area contributed by atoms with Gasteiger partial charge in [-0.2, -0.15) is 0 Å². The zero-order valence-electron chi connectivity index (χ0n) is 11.1. The van der Waals surface area contributed by atoms with Crippen molar-refractivity contribution >= 4 is 17.5 Å². The third kappa shape index (κ3) is 4.21. The molecule has 0 aliphatic heterocycles. The first-order chi connectivity index (χ1) is 9.29. The van der Waals surface area contributed by atoms with Crippen LogP contribution in [-0.2, 0) is 0 Å². The summed E-state index contributed by atoms with van der Waals surface area (Å²) >= 11 is 6.05. The lowest BCUT2D eigenvalue weighted by atomic mass is 10.1. The Balaban J connectivity index is 2.11.